The SMILES string of the molecule is CC1(C)CC(CN)(NCc2ccccc2)CC(C)(C)N1. The van der Waals surface area contributed by atoms with Crippen LogP contribution in [0, 0.1) is 0 Å². The predicted molar refractivity (Wildman–Crippen MR) is 85.6 cm³/mol. The Bertz CT molecular complexity index is 421. The number of nitrogens with one attached hydrogen (secondary N) is 2. The fraction of sp³-hybridized carbons (Fsp3) is 0.647. The maximum Gasteiger partial charge on any atom is 0.0341 e. The van der Waals surface area contributed by atoms with E-state index in [2.05, 4.69) is 68.7 Å². The van der Waals surface area contributed by atoms with Crippen molar-refractivity contribution in [2.24, 2.45) is 5.73 Å². The van der Waals surface area contributed by atoms with E-state index < -0.39 is 0 Å². The van der Waals surface area contributed by atoms with Crippen LogP contribution in [-0.2, 0) is 6.54 Å². The molecule has 1 fully saturated rings. The molecule has 0 radical (unpaired) electrons. The van der Waals surface area contributed by atoms with Crippen molar-refractivity contribution in [1.82, 2.24) is 10.6 Å². The van der Waals surface area contributed by atoms with Gasteiger partial charge < -0.3 is 16.4 Å². The minimum Gasteiger partial charge on any atom is -0.329 e. The third kappa shape index (κ3) is 3.81. The van der Waals surface area contributed by atoms with Crippen molar-refractivity contribution in [3.05, 3.63) is 35.9 Å². The van der Waals surface area contributed by atoms with E-state index in [0.717, 1.165) is 19.4 Å². The van der Waals surface area contributed by atoms with Crippen molar-refractivity contribution in [3.8, 4) is 0 Å². The van der Waals surface area contributed by atoms with E-state index in [0.29, 0.717) is 6.54 Å². The Balaban J connectivity index is 2.12. The van der Waals surface area contributed by atoms with Gasteiger partial charge in [-0.25, -0.2) is 0 Å². The Morgan fingerprint density at radius 1 is 1.05 bits per heavy atom. The molecule has 0 saturated carbocycles. The van der Waals surface area contributed by atoms with Gasteiger partial charge in [0.05, 0.1) is 0 Å². The molecule has 4 N–H and O–H groups in total. The molecule has 1 aromatic carbocycles. The Kier molecular flexibility index (Phi) is 4.24. The molecule has 0 aromatic heterocycles. The van der Waals surface area contributed by atoms with Gasteiger partial charge in [0.25, 0.3) is 0 Å². The Morgan fingerprint density at radius 3 is 2.10 bits per heavy atom. The quantitative estimate of drug-likeness (QED) is 0.791. The normalized spacial score (nSPS) is 23.4. The van der Waals surface area contributed by atoms with Crippen molar-refractivity contribution in [1.29, 1.82) is 0 Å². The predicted octanol–water partition coefficient (Wildman–Crippen LogP) is 2.41. The minimum atomic E-state index is 0.00803. The van der Waals surface area contributed by atoms with E-state index in [1.807, 2.05) is 0 Å². The van der Waals surface area contributed by atoms with Crippen LogP contribution in [0.4, 0.5) is 0 Å². The molecule has 0 atom stereocenters. The van der Waals surface area contributed by atoms with E-state index in [1.54, 1.807) is 0 Å². The van der Waals surface area contributed by atoms with Gasteiger partial charge in [-0.05, 0) is 46.1 Å². The van der Waals surface area contributed by atoms with Gasteiger partial charge in [0, 0.05) is 29.7 Å². The monoisotopic (exact) mass is 275 g/mol. The first-order valence-corrected chi connectivity index (χ1v) is 7.54. The summed E-state index contributed by atoms with van der Waals surface area (Å²) in [6.45, 7) is 10.6. The van der Waals surface area contributed by atoms with Gasteiger partial charge in [0.15, 0.2) is 0 Å². The molecule has 0 aliphatic carbocycles. The summed E-state index contributed by atoms with van der Waals surface area (Å²) in [6.07, 6.45) is 2.10. The highest BCUT2D eigenvalue weighted by atomic mass is 15.1. The van der Waals surface area contributed by atoms with Gasteiger partial charge in [-0.2, -0.15) is 0 Å². The van der Waals surface area contributed by atoms with Crippen LogP contribution in [0.25, 0.3) is 0 Å². The Morgan fingerprint density at radius 2 is 1.60 bits per heavy atom. The summed E-state index contributed by atoms with van der Waals surface area (Å²) >= 11 is 0. The summed E-state index contributed by atoms with van der Waals surface area (Å²) in [5, 5.41) is 7.47. The minimum absolute atomic E-state index is 0.00803. The van der Waals surface area contributed by atoms with Gasteiger partial charge >= 0.3 is 0 Å². The Labute approximate surface area is 123 Å². The molecule has 20 heavy (non-hydrogen) atoms. The fourth-order valence-corrected chi connectivity index (χ4v) is 3.99. The lowest BCUT2D eigenvalue weighted by molar-refractivity contribution is 0.0834. The lowest BCUT2D eigenvalue weighted by Crippen LogP contribution is -2.69. The molecule has 1 aliphatic heterocycles. The molecule has 3 heteroatoms. The second-order valence-electron chi connectivity index (χ2n) is 7.57. The van der Waals surface area contributed by atoms with Crippen molar-refractivity contribution in [3.63, 3.8) is 0 Å². The van der Waals surface area contributed by atoms with E-state index in [4.69, 9.17) is 5.73 Å². The number of benzene rings is 1. The molecule has 0 unspecified atom stereocenters. The third-order valence-corrected chi connectivity index (χ3v) is 4.14. The van der Waals surface area contributed by atoms with Crippen LogP contribution in [0.15, 0.2) is 30.3 Å². The van der Waals surface area contributed by atoms with Crippen LogP contribution in [0.5, 0.6) is 0 Å². The van der Waals surface area contributed by atoms with Gasteiger partial charge in [0.2, 0.25) is 0 Å². The molecule has 2 rings (SSSR count). The molecule has 1 aromatic rings. The topological polar surface area (TPSA) is 50.1 Å². The number of piperidine rings is 1. The summed E-state index contributed by atoms with van der Waals surface area (Å²) in [4.78, 5) is 0. The molecule has 1 saturated heterocycles. The molecule has 1 aliphatic rings. The Hall–Kier alpha value is -0.900. The molecular formula is C17H29N3. The average molecular weight is 275 g/mol. The second-order valence-corrected chi connectivity index (χ2v) is 7.57. The maximum absolute atomic E-state index is 6.15. The van der Waals surface area contributed by atoms with E-state index >= 15 is 0 Å². The maximum atomic E-state index is 6.15. The average Bonchev–Trinajstić information content (AvgIpc) is 2.34. The lowest BCUT2D eigenvalue weighted by Gasteiger charge is -2.53. The van der Waals surface area contributed by atoms with Crippen molar-refractivity contribution in [2.75, 3.05) is 6.54 Å². The van der Waals surface area contributed by atoms with Crippen molar-refractivity contribution in [2.45, 2.75) is 63.7 Å². The van der Waals surface area contributed by atoms with Gasteiger partial charge in [-0.15, -0.1) is 0 Å². The van der Waals surface area contributed by atoms with Crippen LogP contribution in [-0.4, -0.2) is 23.2 Å². The highest BCUT2D eigenvalue weighted by Crippen LogP contribution is 2.35. The number of rotatable bonds is 4. The summed E-state index contributed by atoms with van der Waals surface area (Å²) in [5.74, 6) is 0. The van der Waals surface area contributed by atoms with Gasteiger partial charge in [-0.3, -0.25) is 0 Å². The zero-order chi connectivity index (χ0) is 14.9. The van der Waals surface area contributed by atoms with Crippen LogP contribution < -0.4 is 16.4 Å². The molecule has 0 bridgehead atoms. The largest absolute Gasteiger partial charge is 0.329 e. The molecule has 1 heterocycles. The van der Waals surface area contributed by atoms with Gasteiger partial charge in [-0.1, -0.05) is 30.3 Å². The van der Waals surface area contributed by atoms with Crippen LogP contribution in [0.1, 0.15) is 46.1 Å². The first-order valence-electron chi connectivity index (χ1n) is 7.54. The highest BCUT2D eigenvalue weighted by molar-refractivity contribution is 5.16. The summed E-state index contributed by atoms with van der Waals surface area (Å²) < 4.78 is 0. The number of nitrogens with two attached hydrogens (primary N) is 1. The lowest BCUT2D eigenvalue weighted by atomic mass is 9.70. The summed E-state index contributed by atoms with van der Waals surface area (Å²) in [7, 11) is 0. The zero-order valence-corrected chi connectivity index (χ0v) is 13.3. The number of hydrogen-bond donors (Lipinski definition) is 3. The molecule has 0 spiro atoms. The molecule has 0 amide bonds. The fourth-order valence-electron chi connectivity index (χ4n) is 3.99. The molecular weight excluding hydrogens is 246 g/mol. The van der Waals surface area contributed by atoms with Crippen molar-refractivity contribution >= 4 is 0 Å². The van der Waals surface area contributed by atoms with Gasteiger partial charge in [0.1, 0.15) is 0 Å². The standard InChI is InChI=1S/C17H29N3/c1-15(2)11-17(13-18,12-16(3,4)20-15)19-10-14-8-6-5-7-9-14/h5-9,19-20H,10-13,18H2,1-4H3. The van der Waals surface area contributed by atoms with E-state index in [9.17, 15) is 0 Å². The zero-order valence-electron chi connectivity index (χ0n) is 13.3. The highest BCUT2D eigenvalue weighted by Gasteiger charge is 2.45. The van der Waals surface area contributed by atoms with Crippen molar-refractivity contribution < 1.29 is 0 Å². The number of hydrogen-bond acceptors (Lipinski definition) is 3. The summed E-state index contributed by atoms with van der Waals surface area (Å²) in [6, 6.07) is 10.5. The molecule has 112 valence electrons. The third-order valence-electron chi connectivity index (χ3n) is 4.14. The van der Waals surface area contributed by atoms with E-state index in [1.165, 1.54) is 5.56 Å². The smallest absolute Gasteiger partial charge is 0.0341 e. The first-order chi connectivity index (χ1) is 9.26. The van der Waals surface area contributed by atoms with Crippen LogP contribution >= 0.6 is 0 Å². The van der Waals surface area contributed by atoms with Crippen LogP contribution in [0.2, 0.25) is 0 Å². The molecule has 3 nitrogen and oxygen atoms in total. The first kappa shape index (κ1) is 15.5. The van der Waals surface area contributed by atoms with Crippen LogP contribution in [0.3, 0.4) is 0 Å². The van der Waals surface area contributed by atoms with E-state index in [-0.39, 0.29) is 16.6 Å². The summed E-state index contributed by atoms with van der Waals surface area (Å²) in [5.41, 5.74) is 7.68. The second kappa shape index (κ2) is 5.47.